The fourth-order valence-electron chi connectivity index (χ4n) is 3.25. The van der Waals surface area contributed by atoms with Gasteiger partial charge in [0.15, 0.2) is 5.79 Å². The number of phenolic OH excluding ortho intramolecular Hbond substituents is 2. The summed E-state index contributed by atoms with van der Waals surface area (Å²) in [6.45, 7) is 2.09. The monoisotopic (exact) mass is 338 g/mol. The Labute approximate surface area is 147 Å². The van der Waals surface area contributed by atoms with E-state index >= 15 is 0 Å². The van der Waals surface area contributed by atoms with E-state index in [-0.39, 0.29) is 17.9 Å². The first-order valence-corrected chi connectivity index (χ1v) is 8.21. The molecule has 0 aliphatic heterocycles. The molecule has 0 saturated carbocycles. The van der Waals surface area contributed by atoms with Crippen LogP contribution in [0.1, 0.15) is 24.5 Å². The van der Waals surface area contributed by atoms with Gasteiger partial charge in [-0.25, -0.2) is 0 Å². The first-order chi connectivity index (χ1) is 11.8. The van der Waals surface area contributed by atoms with Crippen molar-refractivity contribution in [3.63, 3.8) is 0 Å². The van der Waals surface area contributed by atoms with Gasteiger partial charge < -0.3 is 20.4 Å². The summed E-state index contributed by atoms with van der Waals surface area (Å²) in [5, 5.41) is 38.6. The number of rotatable bonds is 4. The van der Waals surface area contributed by atoms with Crippen molar-refractivity contribution in [1.29, 1.82) is 0 Å². The molecule has 0 radical (unpaired) electrons. The van der Waals surface area contributed by atoms with Crippen molar-refractivity contribution in [2.45, 2.75) is 31.0 Å². The van der Waals surface area contributed by atoms with Gasteiger partial charge in [0.1, 0.15) is 11.5 Å². The zero-order valence-electron chi connectivity index (χ0n) is 14.1. The lowest BCUT2D eigenvalue weighted by Gasteiger charge is -2.35. The number of aliphatic hydroxyl groups is 2. The second-order valence-electron chi connectivity index (χ2n) is 6.80. The molecule has 0 spiro atoms. The molecule has 4 nitrogen and oxygen atoms in total. The second kappa shape index (κ2) is 6.39. The average Bonchev–Trinajstić information content (AvgIpc) is 2.57. The van der Waals surface area contributed by atoms with Gasteiger partial charge in [0, 0.05) is 11.8 Å². The molecule has 0 saturated heterocycles. The Balaban J connectivity index is 2.02. The van der Waals surface area contributed by atoms with Crippen molar-refractivity contribution in [2.75, 3.05) is 0 Å². The molecule has 25 heavy (non-hydrogen) atoms. The van der Waals surface area contributed by atoms with Crippen LogP contribution >= 0.6 is 0 Å². The Morgan fingerprint density at radius 1 is 0.920 bits per heavy atom. The maximum Gasteiger partial charge on any atom is 0.186 e. The molecule has 0 aromatic heterocycles. The van der Waals surface area contributed by atoms with Gasteiger partial charge in [-0.2, -0.15) is 0 Å². The highest BCUT2D eigenvalue weighted by Crippen LogP contribution is 2.39. The minimum atomic E-state index is -1.81. The number of hydrogen-bond donors (Lipinski definition) is 4. The molecular weight excluding hydrogens is 316 g/mol. The fourth-order valence-corrected chi connectivity index (χ4v) is 3.25. The van der Waals surface area contributed by atoms with E-state index in [4.69, 9.17) is 0 Å². The topological polar surface area (TPSA) is 80.9 Å². The molecule has 2 aromatic rings. The predicted octanol–water partition coefficient (Wildman–Crippen LogP) is 3.17. The van der Waals surface area contributed by atoms with Crippen LogP contribution in [0.5, 0.6) is 11.5 Å². The van der Waals surface area contributed by atoms with Gasteiger partial charge in [0.2, 0.25) is 0 Å². The maximum atomic E-state index is 9.75. The summed E-state index contributed by atoms with van der Waals surface area (Å²) in [4.78, 5) is 0. The summed E-state index contributed by atoms with van der Waals surface area (Å²) in [5.74, 6) is -1.39. The predicted molar refractivity (Wildman–Crippen MR) is 96.3 cm³/mol. The zero-order chi connectivity index (χ0) is 18.1. The molecule has 0 bridgehead atoms. The van der Waals surface area contributed by atoms with Gasteiger partial charge in [-0.05, 0) is 53.5 Å². The van der Waals surface area contributed by atoms with Crippen molar-refractivity contribution >= 4 is 0 Å². The van der Waals surface area contributed by atoms with Crippen LogP contribution in [0.3, 0.4) is 0 Å². The second-order valence-corrected chi connectivity index (χ2v) is 6.80. The zero-order valence-corrected chi connectivity index (χ0v) is 14.1. The minimum absolute atomic E-state index is 0.127. The summed E-state index contributed by atoms with van der Waals surface area (Å²) >= 11 is 0. The molecule has 1 unspecified atom stereocenters. The number of hydrogen-bond acceptors (Lipinski definition) is 4. The van der Waals surface area contributed by atoms with Crippen molar-refractivity contribution in [3.05, 3.63) is 83.5 Å². The van der Waals surface area contributed by atoms with Gasteiger partial charge in [-0.3, -0.25) is 0 Å². The average molecular weight is 338 g/mol. The highest BCUT2D eigenvalue weighted by molar-refractivity contribution is 5.46. The van der Waals surface area contributed by atoms with Crippen molar-refractivity contribution in [2.24, 2.45) is 0 Å². The van der Waals surface area contributed by atoms with Crippen LogP contribution in [-0.2, 0) is 11.8 Å². The number of phenols is 2. The van der Waals surface area contributed by atoms with Crippen LogP contribution in [-0.4, -0.2) is 26.2 Å². The van der Waals surface area contributed by atoms with Gasteiger partial charge in [0.05, 0.1) is 0 Å². The molecule has 4 N–H and O–H groups in total. The quantitative estimate of drug-likeness (QED) is 0.646. The van der Waals surface area contributed by atoms with Gasteiger partial charge in [-0.1, -0.05) is 43.3 Å². The molecule has 0 amide bonds. The Morgan fingerprint density at radius 3 is 2.00 bits per heavy atom. The molecule has 1 aliphatic rings. The van der Waals surface area contributed by atoms with Crippen molar-refractivity contribution in [1.82, 2.24) is 0 Å². The van der Waals surface area contributed by atoms with Crippen LogP contribution in [0.25, 0.3) is 0 Å². The van der Waals surface area contributed by atoms with E-state index in [1.807, 2.05) is 30.3 Å². The first kappa shape index (κ1) is 17.3. The van der Waals surface area contributed by atoms with E-state index in [1.165, 1.54) is 6.08 Å². The van der Waals surface area contributed by atoms with Gasteiger partial charge in [-0.15, -0.1) is 0 Å². The molecule has 0 fully saturated rings. The maximum absolute atomic E-state index is 9.75. The molecule has 1 aliphatic carbocycles. The normalized spacial score (nSPS) is 18.4. The molecule has 3 rings (SSSR count). The third-order valence-electron chi connectivity index (χ3n) is 4.79. The minimum Gasteiger partial charge on any atom is -0.508 e. The van der Waals surface area contributed by atoms with Crippen LogP contribution in [0.4, 0.5) is 0 Å². The van der Waals surface area contributed by atoms with Crippen molar-refractivity contribution in [3.8, 4) is 11.5 Å². The van der Waals surface area contributed by atoms with Crippen LogP contribution in [0.15, 0.2) is 72.3 Å². The molecular formula is C21H22O4. The lowest BCUT2D eigenvalue weighted by Crippen LogP contribution is -2.32. The third-order valence-corrected chi connectivity index (χ3v) is 4.79. The fraction of sp³-hybridized carbons (Fsp3) is 0.238. The third kappa shape index (κ3) is 3.76. The Morgan fingerprint density at radius 2 is 1.48 bits per heavy atom. The largest absolute Gasteiger partial charge is 0.508 e. The van der Waals surface area contributed by atoms with E-state index in [0.29, 0.717) is 6.42 Å². The van der Waals surface area contributed by atoms with E-state index in [0.717, 1.165) is 16.7 Å². The lowest BCUT2D eigenvalue weighted by atomic mass is 9.70. The van der Waals surface area contributed by atoms with Crippen LogP contribution in [0.2, 0.25) is 0 Å². The summed E-state index contributed by atoms with van der Waals surface area (Å²) < 4.78 is 0. The van der Waals surface area contributed by atoms with E-state index in [1.54, 1.807) is 30.3 Å². The smallest absolute Gasteiger partial charge is 0.186 e. The highest BCUT2D eigenvalue weighted by atomic mass is 16.5. The standard InChI is InChI=1S/C21H22O4/c1-20(16-4-8-19(23)9-5-16,14-15-2-6-18(22)7-3-15)17-10-12-21(24,25)13-11-17/h2-12,22-25H,13-14H2,1H3. The van der Waals surface area contributed by atoms with Crippen LogP contribution in [0, 0.1) is 0 Å². The summed E-state index contributed by atoms with van der Waals surface area (Å²) in [7, 11) is 0. The number of allylic oxidation sites excluding steroid dienone is 2. The van der Waals surface area contributed by atoms with E-state index < -0.39 is 11.2 Å². The lowest BCUT2D eigenvalue weighted by molar-refractivity contribution is -0.115. The molecule has 0 heterocycles. The Bertz CT molecular complexity index is 801. The Kier molecular flexibility index (Phi) is 4.41. The van der Waals surface area contributed by atoms with Gasteiger partial charge >= 0.3 is 0 Å². The molecule has 4 heteroatoms. The van der Waals surface area contributed by atoms with Crippen molar-refractivity contribution < 1.29 is 20.4 Å². The van der Waals surface area contributed by atoms with Gasteiger partial charge in [0.25, 0.3) is 0 Å². The first-order valence-electron chi connectivity index (χ1n) is 8.21. The molecule has 130 valence electrons. The molecule has 1 atom stereocenters. The number of aromatic hydroxyl groups is 2. The summed E-state index contributed by atoms with van der Waals surface area (Å²) in [5.41, 5.74) is 2.62. The van der Waals surface area contributed by atoms with E-state index in [9.17, 15) is 20.4 Å². The van der Waals surface area contributed by atoms with E-state index in [2.05, 4.69) is 6.92 Å². The SMILES string of the molecule is CC(Cc1ccc(O)cc1)(C1=CCC(O)(O)C=C1)c1ccc(O)cc1. The molecule has 2 aromatic carbocycles. The van der Waals surface area contributed by atoms with Crippen LogP contribution < -0.4 is 0 Å². The Hall–Kier alpha value is -2.56. The summed E-state index contributed by atoms with van der Waals surface area (Å²) in [6.07, 6.45) is 5.78. The summed E-state index contributed by atoms with van der Waals surface area (Å²) in [6, 6.07) is 14.1. The highest BCUT2D eigenvalue weighted by Gasteiger charge is 2.33. The number of benzene rings is 2.